The summed E-state index contributed by atoms with van der Waals surface area (Å²) < 4.78 is 5.16. The van der Waals surface area contributed by atoms with Gasteiger partial charge < -0.3 is 4.74 Å². The number of esters is 1. The number of piperidine rings is 1. The molecular weight excluding hydrogens is 297 g/mol. The quantitative estimate of drug-likeness (QED) is 0.789. The number of ether oxygens (including phenoxy) is 1. The second kappa shape index (κ2) is 7.30. The molecule has 1 aliphatic heterocycles. The van der Waals surface area contributed by atoms with Crippen LogP contribution >= 0.6 is 23.2 Å². The molecule has 0 amide bonds. The van der Waals surface area contributed by atoms with Crippen LogP contribution in [0.5, 0.6) is 0 Å². The minimum atomic E-state index is -0.157. The zero-order valence-electron chi connectivity index (χ0n) is 11.6. The number of nitrogens with zero attached hydrogens (tertiary/aromatic N) is 1. The van der Waals surface area contributed by atoms with Crippen molar-refractivity contribution in [3.63, 3.8) is 0 Å². The highest BCUT2D eigenvalue weighted by atomic mass is 35.5. The average molecular weight is 316 g/mol. The van der Waals surface area contributed by atoms with Crippen molar-refractivity contribution >= 4 is 29.2 Å². The molecule has 0 spiro atoms. The third kappa shape index (κ3) is 3.87. The van der Waals surface area contributed by atoms with Crippen LogP contribution in [-0.2, 0) is 16.1 Å². The maximum absolute atomic E-state index is 12.0. The van der Waals surface area contributed by atoms with Crippen molar-refractivity contribution in [3.05, 3.63) is 33.8 Å². The van der Waals surface area contributed by atoms with Crippen LogP contribution in [-0.4, -0.2) is 30.1 Å². The summed E-state index contributed by atoms with van der Waals surface area (Å²) in [5, 5.41) is 1.27. The number of benzene rings is 1. The number of halogens is 2. The highest BCUT2D eigenvalue weighted by Gasteiger charge is 2.30. The second-order valence-corrected chi connectivity index (χ2v) is 5.81. The fourth-order valence-electron chi connectivity index (χ4n) is 2.55. The number of carbonyl (C=O) groups is 1. The van der Waals surface area contributed by atoms with Crippen molar-refractivity contribution in [2.24, 2.45) is 0 Å². The molecule has 1 atom stereocenters. The van der Waals surface area contributed by atoms with Crippen LogP contribution in [0.2, 0.25) is 10.0 Å². The summed E-state index contributed by atoms with van der Waals surface area (Å²) in [5.41, 5.74) is 0.993. The number of rotatable bonds is 4. The predicted molar refractivity (Wildman–Crippen MR) is 81.1 cm³/mol. The summed E-state index contributed by atoms with van der Waals surface area (Å²) in [5.74, 6) is -0.128. The van der Waals surface area contributed by atoms with E-state index in [1.54, 1.807) is 6.07 Å². The number of hydrogen-bond donors (Lipinski definition) is 0. The van der Waals surface area contributed by atoms with Crippen LogP contribution in [0.4, 0.5) is 0 Å². The van der Waals surface area contributed by atoms with Gasteiger partial charge in [-0.05, 0) is 44.0 Å². The molecule has 20 heavy (non-hydrogen) atoms. The zero-order valence-corrected chi connectivity index (χ0v) is 13.1. The van der Waals surface area contributed by atoms with Crippen molar-refractivity contribution < 1.29 is 9.53 Å². The molecule has 1 fully saturated rings. The van der Waals surface area contributed by atoms with Crippen LogP contribution in [0.15, 0.2) is 18.2 Å². The van der Waals surface area contributed by atoms with Crippen LogP contribution < -0.4 is 0 Å². The second-order valence-electron chi connectivity index (χ2n) is 4.97. The molecule has 0 aromatic heterocycles. The summed E-state index contributed by atoms with van der Waals surface area (Å²) in [6.07, 6.45) is 3.01. The molecule has 1 aliphatic rings. The van der Waals surface area contributed by atoms with Crippen molar-refractivity contribution in [2.75, 3.05) is 13.2 Å². The first kappa shape index (κ1) is 15.6. The first-order valence-electron chi connectivity index (χ1n) is 6.96. The summed E-state index contributed by atoms with van der Waals surface area (Å²) in [6, 6.07) is 5.32. The van der Waals surface area contributed by atoms with Gasteiger partial charge in [0.05, 0.1) is 6.61 Å². The van der Waals surface area contributed by atoms with Gasteiger partial charge in [0.25, 0.3) is 0 Å². The Hall–Kier alpha value is -0.770. The Morgan fingerprint density at radius 1 is 1.40 bits per heavy atom. The fraction of sp³-hybridized carbons (Fsp3) is 0.533. The van der Waals surface area contributed by atoms with Crippen molar-refractivity contribution in [2.45, 2.75) is 38.8 Å². The molecule has 1 aromatic rings. The lowest BCUT2D eigenvalue weighted by Crippen LogP contribution is -2.45. The van der Waals surface area contributed by atoms with Gasteiger partial charge in [0.15, 0.2) is 0 Å². The van der Waals surface area contributed by atoms with E-state index >= 15 is 0 Å². The molecule has 0 radical (unpaired) electrons. The lowest BCUT2D eigenvalue weighted by atomic mass is 10.0. The first-order valence-corrected chi connectivity index (χ1v) is 7.72. The molecule has 0 N–H and O–H groups in total. The molecule has 0 bridgehead atoms. The summed E-state index contributed by atoms with van der Waals surface area (Å²) in [7, 11) is 0. The van der Waals surface area contributed by atoms with E-state index in [0.29, 0.717) is 23.2 Å². The number of hydrogen-bond acceptors (Lipinski definition) is 3. The fourth-order valence-corrected chi connectivity index (χ4v) is 3.02. The number of likely N-dealkylation sites (tertiary alicyclic amines) is 1. The molecule has 1 aromatic carbocycles. The Labute approximate surface area is 129 Å². The summed E-state index contributed by atoms with van der Waals surface area (Å²) in [4.78, 5) is 14.2. The van der Waals surface area contributed by atoms with Crippen LogP contribution in [0.25, 0.3) is 0 Å². The standard InChI is InChI=1S/C15H19Cl2NO2/c1-2-20-15(19)14-5-3-4-8-18(14)10-11-6-7-12(16)9-13(11)17/h6-7,9,14H,2-5,8,10H2,1H3/t14-/m0/s1. The van der Waals surface area contributed by atoms with Gasteiger partial charge in [0, 0.05) is 16.6 Å². The van der Waals surface area contributed by atoms with Gasteiger partial charge in [-0.3, -0.25) is 9.69 Å². The van der Waals surface area contributed by atoms with Gasteiger partial charge in [0.2, 0.25) is 0 Å². The Kier molecular flexibility index (Phi) is 5.70. The van der Waals surface area contributed by atoms with Gasteiger partial charge in [-0.25, -0.2) is 0 Å². The molecular formula is C15H19Cl2NO2. The highest BCUT2D eigenvalue weighted by Crippen LogP contribution is 2.26. The SMILES string of the molecule is CCOC(=O)[C@@H]1CCCCN1Cc1ccc(Cl)cc1Cl. The molecule has 1 heterocycles. The Balaban J connectivity index is 2.10. The topological polar surface area (TPSA) is 29.5 Å². The monoisotopic (exact) mass is 315 g/mol. The van der Waals surface area contributed by atoms with Gasteiger partial charge in [0.1, 0.15) is 6.04 Å². The van der Waals surface area contributed by atoms with E-state index in [0.717, 1.165) is 31.4 Å². The van der Waals surface area contributed by atoms with E-state index in [2.05, 4.69) is 4.90 Å². The summed E-state index contributed by atoms with van der Waals surface area (Å²) in [6.45, 7) is 3.80. The van der Waals surface area contributed by atoms with E-state index in [9.17, 15) is 4.79 Å². The molecule has 3 nitrogen and oxygen atoms in total. The minimum absolute atomic E-state index is 0.128. The third-order valence-electron chi connectivity index (χ3n) is 3.56. The number of carbonyl (C=O) groups excluding carboxylic acids is 1. The maximum atomic E-state index is 12.0. The normalized spacial score (nSPS) is 19.9. The van der Waals surface area contributed by atoms with Crippen LogP contribution in [0, 0.1) is 0 Å². The Morgan fingerprint density at radius 2 is 2.20 bits per heavy atom. The lowest BCUT2D eigenvalue weighted by molar-refractivity contribution is -0.151. The van der Waals surface area contributed by atoms with E-state index in [1.807, 2.05) is 19.1 Å². The Bertz CT molecular complexity index is 479. The molecule has 2 rings (SSSR count). The van der Waals surface area contributed by atoms with Crippen LogP contribution in [0.3, 0.4) is 0 Å². The molecule has 1 saturated heterocycles. The molecule has 0 saturated carbocycles. The molecule has 110 valence electrons. The van der Waals surface area contributed by atoms with Gasteiger partial charge >= 0.3 is 5.97 Å². The molecule has 0 aliphatic carbocycles. The Morgan fingerprint density at radius 3 is 2.90 bits per heavy atom. The smallest absolute Gasteiger partial charge is 0.323 e. The molecule has 0 unspecified atom stereocenters. The van der Waals surface area contributed by atoms with Crippen molar-refractivity contribution in [1.29, 1.82) is 0 Å². The predicted octanol–water partition coefficient (Wildman–Crippen LogP) is 3.91. The van der Waals surface area contributed by atoms with Crippen molar-refractivity contribution in [3.8, 4) is 0 Å². The van der Waals surface area contributed by atoms with E-state index in [-0.39, 0.29) is 12.0 Å². The largest absolute Gasteiger partial charge is 0.465 e. The third-order valence-corrected chi connectivity index (χ3v) is 4.15. The lowest BCUT2D eigenvalue weighted by Gasteiger charge is -2.34. The van der Waals surface area contributed by atoms with Crippen LogP contribution in [0.1, 0.15) is 31.7 Å². The average Bonchev–Trinajstić information content (AvgIpc) is 2.43. The molecule has 5 heteroatoms. The first-order chi connectivity index (χ1) is 9.61. The van der Waals surface area contributed by atoms with Crippen molar-refractivity contribution in [1.82, 2.24) is 4.90 Å². The van der Waals surface area contributed by atoms with E-state index in [4.69, 9.17) is 27.9 Å². The highest BCUT2D eigenvalue weighted by molar-refractivity contribution is 6.35. The summed E-state index contributed by atoms with van der Waals surface area (Å²) >= 11 is 12.1. The van der Waals surface area contributed by atoms with Gasteiger partial charge in [-0.1, -0.05) is 35.7 Å². The van der Waals surface area contributed by atoms with Gasteiger partial charge in [-0.2, -0.15) is 0 Å². The van der Waals surface area contributed by atoms with Gasteiger partial charge in [-0.15, -0.1) is 0 Å². The van der Waals surface area contributed by atoms with E-state index < -0.39 is 0 Å². The minimum Gasteiger partial charge on any atom is -0.465 e. The zero-order chi connectivity index (χ0) is 14.5. The van der Waals surface area contributed by atoms with E-state index in [1.165, 1.54) is 0 Å². The maximum Gasteiger partial charge on any atom is 0.323 e.